The molecule has 5 N–H and O–H groups in total. The molecule has 0 saturated heterocycles. The molecule has 0 fully saturated rings. The van der Waals surface area contributed by atoms with Crippen LogP contribution >= 0.6 is 0 Å². The van der Waals surface area contributed by atoms with Crippen molar-refractivity contribution in [3.63, 3.8) is 0 Å². The van der Waals surface area contributed by atoms with Gasteiger partial charge in [-0.3, -0.25) is 14.4 Å². The van der Waals surface area contributed by atoms with Gasteiger partial charge in [0.05, 0.1) is 0 Å². The van der Waals surface area contributed by atoms with Crippen LogP contribution in [-0.4, -0.2) is 35.5 Å². The Morgan fingerprint density at radius 3 is 2.43 bits per heavy atom. The van der Waals surface area contributed by atoms with Crippen LogP contribution in [-0.2, 0) is 14.4 Å². The van der Waals surface area contributed by atoms with Crippen LogP contribution in [0.2, 0.25) is 0 Å². The van der Waals surface area contributed by atoms with Crippen molar-refractivity contribution in [1.29, 1.82) is 0 Å². The van der Waals surface area contributed by atoms with Gasteiger partial charge < -0.3 is 21.5 Å². The lowest BCUT2D eigenvalue weighted by molar-refractivity contribution is -0.138. The predicted octanol–water partition coefficient (Wildman–Crippen LogP) is 0.505. The number of nitrogens with two attached hydrogens (primary N) is 1. The Morgan fingerprint density at radius 2 is 1.90 bits per heavy atom. The van der Waals surface area contributed by atoms with Crippen molar-refractivity contribution in [2.24, 2.45) is 5.73 Å². The molecule has 0 heterocycles. The molecule has 120 valence electrons. The van der Waals surface area contributed by atoms with Crippen molar-refractivity contribution in [3.05, 3.63) is 12.3 Å². The van der Waals surface area contributed by atoms with Gasteiger partial charge in [0, 0.05) is 12.1 Å². The van der Waals surface area contributed by atoms with Gasteiger partial charge in [0.15, 0.2) is 0 Å². The summed E-state index contributed by atoms with van der Waals surface area (Å²) in [4.78, 5) is 33.9. The van der Waals surface area contributed by atoms with E-state index in [1.54, 1.807) is 0 Å². The summed E-state index contributed by atoms with van der Waals surface area (Å²) in [6.45, 7) is 5.00. The van der Waals surface area contributed by atoms with Crippen LogP contribution in [0.5, 0.6) is 0 Å². The molecule has 0 aromatic heterocycles. The van der Waals surface area contributed by atoms with E-state index in [0.717, 1.165) is 6.42 Å². The van der Waals surface area contributed by atoms with Crippen molar-refractivity contribution in [2.45, 2.75) is 51.5 Å². The third kappa shape index (κ3) is 10.4. The largest absolute Gasteiger partial charge is 0.480 e. The van der Waals surface area contributed by atoms with Crippen LogP contribution in [0.25, 0.3) is 0 Å². The van der Waals surface area contributed by atoms with E-state index in [4.69, 9.17) is 10.8 Å². The maximum atomic E-state index is 11.9. The second-order valence-corrected chi connectivity index (χ2v) is 4.89. The van der Waals surface area contributed by atoms with E-state index in [2.05, 4.69) is 17.2 Å². The minimum Gasteiger partial charge on any atom is -0.480 e. The first kappa shape index (κ1) is 18.9. The number of rotatable bonds is 11. The summed E-state index contributed by atoms with van der Waals surface area (Å²) in [6.07, 6.45) is 3.57. The highest BCUT2D eigenvalue weighted by Gasteiger charge is 2.20. The Kier molecular flexibility index (Phi) is 9.66. The summed E-state index contributed by atoms with van der Waals surface area (Å²) in [6, 6.07) is -0.713. The zero-order valence-corrected chi connectivity index (χ0v) is 12.5. The number of aliphatic carboxylic acids is 1. The van der Waals surface area contributed by atoms with Crippen LogP contribution in [0.4, 0.5) is 0 Å². The maximum absolute atomic E-state index is 11.9. The number of hydrogen-bond acceptors (Lipinski definition) is 4. The van der Waals surface area contributed by atoms with Crippen LogP contribution in [0.15, 0.2) is 12.3 Å². The molecule has 7 heteroatoms. The molecular weight excluding hydrogens is 274 g/mol. The van der Waals surface area contributed by atoms with Crippen LogP contribution in [0, 0.1) is 0 Å². The highest BCUT2D eigenvalue weighted by atomic mass is 16.4. The van der Waals surface area contributed by atoms with Gasteiger partial charge in [-0.1, -0.05) is 19.9 Å². The van der Waals surface area contributed by atoms with E-state index in [9.17, 15) is 14.4 Å². The number of amides is 2. The molecule has 1 atom stereocenters. The Hall–Kier alpha value is -2.05. The number of carboxylic acid groups (broad SMARTS) is 1. The van der Waals surface area contributed by atoms with Gasteiger partial charge in [0.2, 0.25) is 11.8 Å². The van der Waals surface area contributed by atoms with Crippen molar-refractivity contribution >= 4 is 17.8 Å². The molecule has 0 saturated carbocycles. The summed E-state index contributed by atoms with van der Waals surface area (Å²) >= 11 is 0. The van der Waals surface area contributed by atoms with E-state index >= 15 is 0 Å². The lowest BCUT2D eigenvalue weighted by Gasteiger charge is -2.18. The smallest absolute Gasteiger partial charge is 0.322 e. The van der Waals surface area contributed by atoms with Crippen LogP contribution in [0.1, 0.15) is 45.4 Å². The first-order valence-electron chi connectivity index (χ1n) is 7.09. The number of carbonyl (C=O) groups excluding carboxylic acids is 2. The molecule has 1 unspecified atom stereocenters. The number of unbranched alkanes of at least 4 members (excludes halogenated alkanes) is 1. The molecule has 0 aromatic carbocycles. The van der Waals surface area contributed by atoms with Crippen molar-refractivity contribution < 1.29 is 19.5 Å². The van der Waals surface area contributed by atoms with Crippen LogP contribution in [0.3, 0.4) is 0 Å². The second kappa shape index (κ2) is 10.7. The monoisotopic (exact) mass is 299 g/mol. The van der Waals surface area contributed by atoms with Gasteiger partial charge in [-0.25, -0.2) is 0 Å². The van der Waals surface area contributed by atoms with E-state index in [0.29, 0.717) is 37.8 Å². The maximum Gasteiger partial charge on any atom is 0.322 e. The SMILES string of the molecule is C=C(N)CCCCC(NC(=O)CCC)C(=O)NCC(=O)O. The third-order valence-electron chi connectivity index (χ3n) is 2.78. The van der Waals surface area contributed by atoms with Gasteiger partial charge in [-0.2, -0.15) is 0 Å². The lowest BCUT2D eigenvalue weighted by atomic mass is 10.1. The van der Waals surface area contributed by atoms with Gasteiger partial charge in [-0.05, 0) is 25.7 Å². The fourth-order valence-corrected chi connectivity index (χ4v) is 1.75. The number of nitrogens with one attached hydrogen (secondary N) is 2. The van der Waals surface area contributed by atoms with Crippen LogP contribution < -0.4 is 16.4 Å². The third-order valence-corrected chi connectivity index (χ3v) is 2.78. The lowest BCUT2D eigenvalue weighted by Crippen LogP contribution is -2.47. The highest BCUT2D eigenvalue weighted by Crippen LogP contribution is 2.07. The summed E-state index contributed by atoms with van der Waals surface area (Å²) < 4.78 is 0. The molecule has 0 bridgehead atoms. The van der Waals surface area contributed by atoms with Gasteiger partial charge in [0.25, 0.3) is 0 Å². The summed E-state index contributed by atoms with van der Waals surface area (Å²) in [5.74, 6) is -1.81. The van der Waals surface area contributed by atoms with Gasteiger partial charge in [-0.15, -0.1) is 0 Å². The quantitative estimate of drug-likeness (QED) is 0.414. The molecule has 0 rings (SSSR count). The summed E-state index contributed by atoms with van der Waals surface area (Å²) in [5, 5.41) is 13.5. The number of hydrogen-bond donors (Lipinski definition) is 4. The molecule has 21 heavy (non-hydrogen) atoms. The fraction of sp³-hybridized carbons (Fsp3) is 0.643. The van der Waals surface area contributed by atoms with E-state index < -0.39 is 24.5 Å². The molecule has 0 spiro atoms. The average Bonchev–Trinajstić information content (AvgIpc) is 2.39. The van der Waals surface area contributed by atoms with Gasteiger partial charge in [0.1, 0.15) is 12.6 Å². The minimum atomic E-state index is -1.12. The first-order valence-corrected chi connectivity index (χ1v) is 7.09. The molecular formula is C14H25N3O4. The number of allylic oxidation sites excluding steroid dienone is 1. The zero-order chi connectivity index (χ0) is 16.3. The standard InChI is InChI=1S/C14H25N3O4/c1-3-6-12(18)17-11(8-5-4-7-10(2)15)14(21)16-9-13(19)20/h11H,2-9,15H2,1H3,(H,16,21)(H,17,18)(H,19,20). The number of carbonyl (C=O) groups is 3. The Morgan fingerprint density at radius 1 is 1.24 bits per heavy atom. The van der Waals surface area contributed by atoms with E-state index in [-0.39, 0.29) is 5.91 Å². The normalized spacial score (nSPS) is 11.5. The van der Waals surface area contributed by atoms with E-state index in [1.165, 1.54) is 0 Å². The molecule has 2 amide bonds. The predicted molar refractivity (Wildman–Crippen MR) is 79.3 cm³/mol. The van der Waals surface area contributed by atoms with Crippen molar-refractivity contribution in [3.8, 4) is 0 Å². The molecule has 0 aliphatic heterocycles. The van der Waals surface area contributed by atoms with Gasteiger partial charge >= 0.3 is 5.97 Å². The zero-order valence-electron chi connectivity index (χ0n) is 12.5. The summed E-state index contributed by atoms with van der Waals surface area (Å²) in [5.41, 5.74) is 6.04. The molecule has 0 aromatic rings. The Bertz CT molecular complexity index is 382. The first-order chi connectivity index (χ1) is 9.86. The highest BCUT2D eigenvalue weighted by molar-refractivity contribution is 5.89. The Balaban J connectivity index is 4.38. The van der Waals surface area contributed by atoms with Crippen molar-refractivity contribution in [2.75, 3.05) is 6.54 Å². The minimum absolute atomic E-state index is 0.212. The van der Waals surface area contributed by atoms with Crippen molar-refractivity contribution in [1.82, 2.24) is 10.6 Å². The molecule has 0 radical (unpaired) electrons. The molecule has 7 nitrogen and oxygen atoms in total. The number of carboxylic acids is 1. The van der Waals surface area contributed by atoms with E-state index in [1.807, 2.05) is 6.92 Å². The topological polar surface area (TPSA) is 122 Å². The fourth-order valence-electron chi connectivity index (χ4n) is 1.75. The molecule has 0 aliphatic rings. The molecule has 0 aliphatic carbocycles. The Labute approximate surface area is 125 Å². The average molecular weight is 299 g/mol. The second-order valence-electron chi connectivity index (χ2n) is 4.89. The summed E-state index contributed by atoms with van der Waals surface area (Å²) in [7, 11) is 0.